The SMILES string of the molecule is CC(C)(C)CC(=O)N1CCC2(CC1)CC(=O)N1CC[C@@H](NC3CCOCC3)C[C@H]1C(=O)NCCOCCOCC(=O)N2. The second kappa shape index (κ2) is 14.9. The van der Waals surface area contributed by atoms with Gasteiger partial charge in [-0.2, -0.15) is 0 Å². The van der Waals surface area contributed by atoms with Crippen LogP contribution in [0.3, 0.4) is 0 Å². The van der Waals surface area contributed by atoms with Crippen LogP contribution in [0.4, 0.5) is 0 Å². The second-order valence-electron chi connectivity index (χ2n) is 13.5. The van der Waals surface area contributed by atoms with E-state index in [1.165, 1.54) is 0 Å². The van der Waals surface area contributed by atoms with E-state index in [0.29, 0.717) is 71.1 Å². The van der Waals surface area contributed by atoms with Gasteiger partial charge in [0, 0.05) is 57.9 Å². The molecule has 4 aliphatic heterocycles. The minimum atomic E-state index is -0.818. The molecule has 0 aliphatic carbocycles. The number of piperidine rings is 2. The smallest absolute Gasteiger partial charge is 0.246 e. The molecule has 0 saturated carbocycles. The van der Waals surface area contributed by atoms with Crippen molar-refractivity contribution in [2.24, 2.45) is 5.41 Å². The summed E-state index contributed by atoms with van der Waals surface area (Å²) in [5, 5.41) is 9.78. The Morgan fingerprint density at radius 2 is 1.62 bits per heavy atom. The molecule has 12 nitrogen and oxygen atoms in total. The molecular weight excluding hydrogens is 542 g/mol. The number of amides is 4. The Morgan fingerprint density at radius 3 is 2.33 bits per heavy atom. The molecule has 4 amide bonds. The van der Waals surface area contributed by atoms with Gasteiger partial charge in [-0.3, -0.25) is 19.2 Å². The van der Waals surface area contributed by atoms with E-state index in [-0.39, 0.29) is 54.7 Å². The molecule has 12 heteroatoms. The molecule has 0 radical (unpaired) electrons. The van der Waals surface area contributed by atoms with Gasteiger partial charge in [-0.25, -0.2) is 0 Å². The minimum Gasteiger partial charge on any atom is -0.381 e. The van der Waals surface area contributed by atoms with Gasteiger partial charge in [0.05, 0.1) is 31.8 Å². The fourth-order valence-electron chi connectivity index (χ4n) is 6.43. The summed E-state index contributed by atoms with van der Waals surface area (Å²) in [4.78, 5) is 56.8. The lowest BCUT2D eigenvalue weighted by atomic mass is 9.82. The van der Waals surface area contributed by atoms with Crippen molar-refractivity contribution in [1.29, 1.82) is 0 Å². The van der Waals surface area contributed by atoms with Crippen molar-refractivity contribution < 1.29 is 33.4 Å². The maximum Gasteiger partial charge on any atom is 0.246 e. The maximum atomic E-state index is 14.0. The highest BCUT2D eigenvalue weighted by molar-refractivity contribution is 5.89. The van der Waals surface area contributed by atoms with Crippen LogP contribution in [0.25, 0.3) is 0 Å². The molecule has 3 N–H and O–H groups in total. The van der Waals surface area contributed by atoms with E-state index in [1.54, 1.807) is 4.90 Å². The molecule has 42 heavy (non-hydrogen) atoms. The zero-order valence-electron chi connectivity index (χ0n) is 25.7. The Hall–Kier alpha value is -2.28. The van der Waals surface area contributed by atoms with E-state index in [0.717, 1.165) is 32.5 Å². The third-order valence-corrected chi connectivity index (χ3v) is 8.72. The average molecular weight is 594 g/mol. The molecule has 2 atom stereocenters. The monoisotopic (exact) mass is 593 g/mol. The Kier molecular flexibility index (Phi) is 11.6. The molecule has 0 bridgehead atoms. The van der Waals surface area contributed by atoms with Gasteiger partial charge in [0.15, 0.2) is 0 Å². The van der Waals surface area contributed by atoms with Crippen molar-refractivity contribution in [3.8, 4) is 0 Å². The quantitative estimate of drug-likeness (QED) is 0.432. The number of hydrogen-bond acceptors (Lipinski definition) is 8. The number of likely N-dealkylation sites (tertiary alicyclic amines) is 1. The summed E-state index contributed by atoms with van der Waals surface area (Å²) >= 11 is 0. The van der Waals surface area contributed by atoms with Crippen LogP contribution < -0.4 is 16.0 Å². The zero-order valence-corrected chi connectivity index (χ0v) is 25.7. The summed E-state index contributed by atoms with van der Waals surface area (Å²) in [6.45, 7) is 10.0. The standard InChI is InChI=1S/C30H51N5O7/c1-29(2,3)19-26(37)34-11-7-30(8-12-34)20-27(38)35-10-4-23(32-22-5-13-40-14-6-22)18-24(35)28(39)31-9-15-41-16-17-42-21-25(36)33-30/h22-24,32H,4-21H2,1-3H3,(H,31,39)(H,33,36)/t23-,24+/m1/s1. The van der Waals surface area contributed by atoms with E-state index in [1.807, 2.05) is 25.7 Å². The number of nitrogens with one attached hydrogen (secondary N) is 3. The van der Waals surface area contributed by atoms with Gasteiger partial charge < -0.3 is 40.0 Å². The highest BCUT2D eigenvalue weighted by atomic mass is 16.5. The van der Waals surface area contributed by atoms with Crippen LogP contribution >= 0.6 is 0 Å². The number of carbonyl (C=O) groups excluding carboxylic acids is 4. The number of carbonyl (C=O) groups is 4. The van der Waals surface area contributed by atoms with Gasteiger partial charge in [-0.15, -0.1) is 0 Å². The summed E-state index contributed by atoms with van der Waals surface area (Å²) in [5.74, 6) is -0.548. The third-order valence-electron chi connectivity index (χ3n) is 8.72. The lowest BCUT2D eigenvalue weighted by molar-refractivity contribution is -0.146. The highest BCUT2D eigenvalue weighted by Crippen LogP contribution is 2.31. The van der Waals surface area contributed by atoms with Gasteiger partial charge in [0.25, 0.3) is 0 Å². The number of ether oxygens (including phenoxy) is 3. The average Bonchev–Trinajstić information content (AvgIpc) is 2.93. The normalized spacial score (nSPS) is 27.7. The number of rotatable bonds is 3. The second-order valence-corrected chi connectivity index (χ2v) is 13.5. The van der Waals surface area contributed by atoms with Crippen LogP contribution in [-0.2, 0) is 33.4 Å². The van der Waals surface area contributed by atoms with Crippen LogP contribution in [0.2, 0.25) is 0 Å². The lowest BCUT2D eigenvalue weighted by Gasteiger charge is -2.45. The Bertz CT molecular complexity index is 941. The lowest BCUT2D eigenvalue weighted by Crippen LogP contribution is -2.62. The molecule has 0 aromatic carbocycles. The number of nitrogens with zero attached hydrogens (tertiary/aromatic N) is 2. The van der Waals surface area contributed by atoms with Crippen LogP contribution in [0.5, 0.6) is 0 Å². The fraction of sp³-hybridized carbons (Fsp3) is 0.867. The maximum absolute atomic E-state index is 14.0. The molecule has 0 aromatic rings. The summed E-state index contributed by atoms with van der Waals surface area (Å²) in [5.41, 5.74) is -0.942. The highest BCUT2D eigenvalue weighted by Gasteiger charge is 2.43. The Balaban J connectivity index is 1.48. The molecule has 1 spiro atoms. The third kappa shape index (κ3) is 9.62. The van der Waals surface area contributed by atoms with Crippen LogP contribution in [-0.4, -0.2) is 123 Å². The number of hydrogen-bond donors (Lipinski definition) is 3. The van der Waals surface area contributed by atoms with E-state index in [9.17, 15) is 19.2 Å². The molecular formula is C30H51N5O7. The zero-order chi connectivity index (χ0) is 30.2. The summed E-state index contributed by atoms with van der Waals surface area (Å²) < 4.78 is 16.6. The van der Waals surface area contributed by atoms with Gasteiger partial charge in [-0.1, -0.05) is 20.8 Å². The largest absolute Gasteiger partial charge is 0.381 e. The molecule has 4 fully saturated rings. The van der Waals surface area contributed by atoms with Crippen molar-refractivity contribution in [3.63, 3.8) is 0 Å². The Morgan fingerprint density at radius 1 is 0.929 bits per heavy atom. The van der Waals surface area contributed by atoms with Crippen LogP contribution in [0.1, 0.15) is 72.1 Å². The molecule has 0 unspecified atom stereocenters. The van der Waals surface area contributed by atoms with Crippen LogP contribution in [0, 0.1) is 5.41 Å². The fourth-order valence-corrected chi connectivity index (χ4v) is 6.43. The van der Waals surface area contributed by atoms with Crippen molar-refractivity contribution >= 4 is 23.6 Å². The van der Waals surface area contributed by atoms with Crippen molar-refractivity contribution in [3.05, 3.63) is 0 Å². The summed E-state index contributed by atoms with van der Waals surface area (Å²) in [6.07, 6.45) is 4.59. The summed E-state index contributed by atoms with van der Waals surface area (Å²) in [6, 6.07) is -0.140. The predicted molar refractivity (Wildman–Crippen MR) is 156 cm³/mol. The molecule has 4 heterocycles. The van der Waals surface area contributed by atoms with Gasteiger partial charge in [0.1, 0.15) is 12.6 Å². The minimum absolute atomic E-state index is 0.0744. The predicted octanol–water partition coefficient (Wildman–Crippen LogP) is 0.581. The van der Waals surface area contributed by atoms with Gasteiger partial charge in [0.2, 0.25) is 23.6 Å². The van der Waals surface area contributed by atoms with E-state index < -0.39 is 11.6 Å². The molecule has 4 aliphatic rings. The van der Waals surface area contributed by atoms with Crippen molar-refractivity contribution in [2.45, 2.75) is 95.8 Å². The van der Waals surface area contributed by atoms with Gasteiger partial charge >= 0.3 is 0 Å². The summed E-state index contributed by atoms with van der Waals surface area (Å²) in [7, 11) is 0. The van der Waals surface area contributed by atoms with Gasteiger partial charge in [-0.05, 0) is 43.9 Å². The molecule has 4 rings (SSSR count). The van der Waals surface area contributed by atoms with E-state index >= 15 is 0 Å². The number of fused-ring (bicyclic) bond motifs is 1. The van der Waals surface area contributed by atoms with E-state index in [4.69, 9.17) is 14.2 Å². The van der Waals surface area contributed by atoms with Crippen molar-refractivity contribution in [1.82, 2.24) is 25.8 Å². The van der Waals surface area contributed by atoms with E-state index in [2.05, 4.69) is 16.0 Å². The first-order valence-corrected chi connectivity index (χ1v) is 15.7. The molecule has 4 saturated heterocycles. The Labute approximate surface area is 249 Å². The molecule has 238 valence electrons. The molecule has 0 aromatic heterocycles. The first-order valence-electron chi connectivity index (χ1n) is 15.7. The topological polar surface area (TPSA) is 139 Å². The van der Waals surface area contributed by atoms with Crippen LogP contribution in [0.15, 0.2) is 0 Å². The first-order chi connectivity index (χ1) is 20.0. The van der Waals surface area contributed by atoms with Crippen molar-refractivity contribution in [2.75, 3.05) is 65.8 Å². The first kappa shape index (κ1) is 32.6.